The minimum Gasteiger partial charge on any atom is -0.355 e. The third kappa shape index (κ3) is 4.31. The van der Waals surface area contributed by atoms with Gasteiger partial charge in [-0.25, -0.2) is 9.48 Å². The van der Waals surface area contributed by atoms with Crippen molar-refractivity contribution in [2.75, 3.05) is 13.1 Å². The molecule has 5 rings (SSSR count). The smallest absolute Gasteiger partial charge is 0.346 e. The van der Waals surface area contributed by atoms with Crippen molar-refractivity contribution in [2.45, 2.75) is 38.8 Å². The lowest BCUT2D eigenvalue weighted by Gasteiger charge is -2.31. The van der Waals surface area contributed by atoms with Gasteiger partial charge in [0.15, 0.2) is 11.5 Å². The maximum atomic E-state index is 13.0. The summed E-state index contributed by atoms with van der Waals surface area (Å²) in [5.74, 6) is 1.39. The molecule has 0 N–H and O–H groups in total. The molecule has 3 heterocycles. The summed E-state index contributed by atoms with van der Waals surface area (Å²) < 4.78 is 8.71. The molecule has 0 atom stereocenters. The zero-order valence-electron chi connectivity index (χ0n) is 19.1. The average molecular weight is 458 g/mol. The normalized spacial score (nSPS) is 14.4. The van der Waals surface area contributed by atoms with E-state index in [4.69, 9.17) is 9.62 Å². The number of aromatic nitrogens is 4. The fourth-order valence-electron chi connectivity index (χ4n) is 4.53. The molecule has 1 fully saturated rings. The minimum atomic E-state index is -0.133. The number of piperidine rings is 1. The second-order valence-corrected chi connectivity index (χ2v) is 8.54. The molecular weight excluding hydrogens is 430 g/mol. The summed E-state index contributed by atoms with van der Waals surface area (Å²) in [7, 11) is 0. The van der Waals surface area contributed by atoms with Gasteiger partial charge in [0.2, 0.25) is 0 Å². The molecule has 0 spiro atoms. The van der Waals surface area contributed by atoms with Crippen molar-refractivity contribution in [3.8, 4) is 11.3 Å². The van der Waals surface area contributed by atoms with Crippen LogP contribution in [-0.4, -0.2) is 43.4 Å². The largest absolute Gasteiger partial charge is 0.355 e. The Balaban J connectivity index is 1.27. The molecule has 1 aliphatic heterocycles. The SMILES string of the molecule is CCn1c(C2CCN(C(=O)c3cc(-c4ccccc4)on3)CC2)nn(Cc2ccccc2)c1=O. The highest BCUT2D eigenvalue weighted by Gasteiger charge is 2.30. The Morgan fingerprint density at radius 1 is 1.03 bits per heavy atom. The highest BCUT2D eigenvalue weighted by atomic mass is 16.5. The molecular formula is C26H27N5O3. The number of likely N-dealkylation sites (tertiary alicyclic amines) is 1. The van der Waals surface area contributed by atoms with Crippen LogP contribution in [0.25, 0.3) is 11.3 Å². The Kier molecular flexibility index (Phi) is 6.12. The van der Waals surface area contributed by atoms with Crippen LogP contribution in [0, 0.1) is 0 Å². The van der Waals surface area contributed by atoms with E-state index in [1.54, 1.807) is 20.2 Å². The number of carbonyl (C=O) groups excluding carboxylic acids is 1. The number of rotatable bonds is 6. The first-order chi connectivity index (χ1) is 16.6. The van der Waals surface area contributed by atoms with Gasteiger partial charge in [-0.3, -0.25) is 9.36 Å². The van der Waals surface area contributed by atoms with Crippen LogP contribution in [0.2, 0.25) is 0 Å². The highest BCUT2D eigenvalue weighted by Crippen LogP contribution is 2.28. The van der Waals surface area contributed by atoms with Crippen LogP contribution in [0.15, 0.2) is 76.0 Å². The first-order valence-corrected chi connectivity index (χ1v) is 11.7. The van der Waals surface area contributed by atoms with Gasteiger partial charge in [0.1, 0.15) is 5.82 Å². The summed E-state index contributed by atoms with van der Waals surface area (Å²) in [4.78, 5) is 27.7. The van der Waals surface area contributed by atoms with Gasteiger partial charge >= 0.3 is 5.69 Å². The molecule has 1 aliphatic rings. The van der Waals surface area contributed by atoms with Gasteiger partial charge < -0.3 is 9.42 Å². The quantitative estimate of drug-likeness (QED) is 0.440. The van der Waals surface area contributed by atoms with E-state index in [0.29, 0.717) is 37.6 Å². The van der Waals surface area contributed by atoms with Crippen LogP contribution >= 0.6 is 0 Å². The Bertz CT molecular complexity index is 1320. The summed E-state index contributed by atoms with van der Waals surface area (Å²) in [6.45, 7) is 4.16. The summed E-state index contributed by atoms with van der Waals surface area (Å²) >= 11 is 0. The van der Waals surface area contributed by atoms with Gasteiger partial charge in [0.05, 0.1) is 6.54 Å². The van der Waals surface area contributed by atoms with E-state index in [1.165, 1.54) is 0 Å². The van der Waals surface area contributed by atoms with E-state index < -0.39 is 0 Å². The van der Waals surface area contributed by atoms with Crippen LogP contribution in [-0.2, 0) is 13.1 Å². The molecule has 1 amide bonds. The Morgan fingerprint density at radius 2 is 1.71 bits per heavy atom. The van der Waals surface area contributed by atoms with Crippen molar-refractivity contribution in [1.29, 1.82) is 0 Å². The molecule has 2 aromatic heterocycles. The monoisotopic (exact) mass is 457 g/mol. The fraction of sp³-hybridized carbons (Fsp3) is 0.308. The molecule has 8 nitrogen and oxygen atoms in total. The van der Waals surface area contributed by atoms with Crippen LogP contribution in [0.3, 0.4) is 0 Å². The van der Waals surface area contributed by atoms with E-state index in [-0.39, 0.29) is 17.5 Å². The van der Waals surface area contributed by atoms with Crippen LogP contribution in [0.1, 0.15) is 47.6 Å². The van der Waals surface area contributed by atoms with Gasteiger partial charge in [0, 0.05) is 37.2 Å². The van der Waals surface area contributed by atoms with Crippen LogP contribution < -0.4 is 5.69 Å². The average Bonchev–Trinajstić information content (AvgIpc) is 3.50. The van der Waals surface area contributed by atoms with Gasteiger partial charge in [-0.15, -0.1) is 0 Å². The lowest BCUT2D eigenvalue weighted by Crippen LogP contribution is -2.38. The molecule has 0 unspecified atom stereocenters. The first kappa shape index (κ1) is 21.9. The van der Waals surface area contributed by atoms with Crippen LogP contribution in [0.5, 0.6) is 0 Å². The molecule has 174 valence electrons. The van der Waals surface area contributed by atoms with Crippen molar-refractivity contribution in [2.24, 2.45) is 0 Å². The Morgan fingerprint density at radius 3 is 2.38 bits per heavy atom. The molecule has 8 heteroatoms. The highest BCUT2D eigenvalue weighted by molar-refractivity contribution is 5.93. The molecule has 0 bridgehead atoms. The van der Waals surface area contributed by atoms with Gasteiger partial charge in [-0.1, -0.05) is 65.8 Å². The lowest BCUT2D eigenvalue weighted by molar-refractivity contribution is 0.0699. The van der Waals surface area contributed by atoms with E-state index in [0.717, 1.165) is 29.8 Å². The van der Waals surface area contributed by atoms with Crippen molar-refractivity contribution in [3.63, 3.8) is 0 Å². The van der Waals surface area contributed by atoms with Gasteiger partial charge in [-0.05, 0) is 25.3 Å². The summed E-state index contributed by atoms with van der Waals surface area (Å²) in [6, 6.07) is 21.2. The van der Waals surface area contributed by atoms with Crippen LogP contribution in [0.4, 0.5) is 0 Å². The maximum absolute atomic E-state index is 13.0. The zero-order chi connectivity index (χ0) is 23.5. The van der Waals surface area contributed by atoms with Crippen molar-refractivity contribution < 1.29 is 9.32 Å². The maximum Gasteiger partial charge on any atom is 0.346 e. The first-order valence-electron chi connectivity index (χ1n) is 11.7. The topological polar surface area (TPSA) is 86.2 Å². The van der Waals surface area contributed by atoms with Gasteiger partial charge in [-0.2, -0.15) is 5.10 Å². The fourth-order valence-corrected chi connectivity index (χ4v) is 4.53. The number of hydrogen-bond donors (Lipinski definition) is 0. The van der Waals surface area contributed by atoms with E-state index >= 15 is 0 Å². The second kappa shape index (κ2) is 9.51. The standard InChI is InChI=1S/C26H27N5O3/c1-2-30-24(27-31(26(30)33)18-19-9-5-3-6-10-19)21-13-15-29(16-14-21)25(32)22-17-23(34-28-22)20-11-7-4-8-12-20/h3-12,17,21H,2,13-16,18H2,1H3. The number of hydrogen-bond acceptors (Lipinski definition) is 5. The molecule has 34 heavy (non-hydrogen) atoms. The predicted molar refractivity (Wildman–Crippen MR) is 128 cm³/mol. The molecule has 0 saturated carbocycles. The Labute approximate surface area is 197 Å². The zero-order valence-corrected chi connectivity index (χ0v) is 19.1. The molecule has 0 radical (unpaired) electrons. The van der Waals surface area contributed by atoms with Crippen molar-refractivity contribution in [3.05, 3.63) is 94.3 Å². The minimum absolute atomic E-state index is 0.0871. The van der Waals surface area contributed by atoms with E-state index in [2.05, 4.69) is 5.16 Å². The molecule has 4 aromatic rings. The molecule has 2 aromatic carbocycles. The predicted octanol–water partition coefficient (Wildman–Crippen LogP) is 3.79. The number of nitrogens with zero attached hydrogens (tertiary/aromatic N) is 5. The van der Waals surface area contributed by atoms with Gasteiger partial charge in [0.25, 0.3) is 5.91 Å². The second-order valence-electron chi connectivity index (χ2n) is 8.54. The summed E-state index contributed by atoms with van der Waals surface area (Å²) in [5, 5.41) is 8.70. The molecule has 1 saturated heterocycles. The van der Waals surface area contributed by atoms with E-state index in [1.807, 2.05) is 67.6 Å². The number of carbonyl (C=O) groups is 1. The summed E-state index contributed by atoms with van der Waals surface area (Å²) in [5.41, 5.74) is 2.15. The van der Waals surface area contributed by atoms with E-state index in [9.17, 15) is 9.59 Å². The summed E-state index contributed by atoms with van der Waals surface area (Å²) in [6.07, 6.45) is 1.49. The number of amides is 1. The number of benzene rings is 2. The van der Waals surface area contributed by atoms with Crippen molar-refractivity contribution in [1.82, 2.24) is 24.4 Å². The van der Waals surface area contributed by atoms with Crippen molar-refractivity contribution >= 4 is 5.91 Å². The molecule has 0 aliphatic carbocycles. The lowest BCUT2D eigenvalue weighted by atomic mass is 9.95. The third-order valence-corrected chi connectivity index (χ3v) is 6.38. The Hall–Kier alpha value is -3.94. The third-order valence-electron chi connectivity index (χ3n) is 6.38.